The Morgan fingerprint density at radius 2 is 2.00 bits per heavy atom. The summed E-state index contributed by atoms with van der Waals surface area (Å²) in [6.45, 7) is 10.4. The van der Waals surface area contributed by atoms with E-state index < -0.39 is 0 Å². The molecule has 1 rings (SSSR count). The first kappa shape index (κ1) is 13.4. The van der Waals surface area contributed by atoms with Crippen LogP contribution in [-0.4, -0.2) is 23.1 Å². The van der Waals surface area contributed by atoms with Gasteiger partial charge in [0.15, 0.2) is 0 Å². The zero-order chi connectivity index (χ0) is 11.3. The van der Waals surface area contributed by atoms with Gasteiger partial charge in [0.05, 0.1) is 0 Å². The molecule has 15 heavy (non-hydrogen) atoms. The highest BCUT2D eigenvalue weighted by molar-refractivity contribution is 8.00. The molecule has 0 radical (unpaired) electrons. The predicted octanol–water partition coefficient (Wildman–Crippen LogP) is 3.68. The van der Waals surface area contributed by atoms with E-state index in [1.165, 1.54) is 25.7 Å². The molecule has 0 aromatic heterocycles. The van der Waals surface area contributed by atoms with Gasteiger partial charge in [-0.25, -0.2) is 0 Å². The van der Waals surface area contributed by atoms with E-state index in [0.29, 0.717) is 0 Å². The smallest absolute Gasteiger partial charge is 0.00774 e. The SMILES string of the molecule is CCNC1CCCC(SC(C)C(C)C)C1. The predicted molar refractivity (Wildman–Crippen MR) is 71.6 cm³/mol. The summed E-state index contributed by atoms with van der Waals surface area (Å²) in [6.07, 6.45) is 5.63. The van der Waals surface area contributed by atoms with Crippen molar-refractivity contribution in [3.63, 3.8) is 0 Å². The average molecular weight is 229 g/mol. The molecule has 0 aromatic carbocycles. The Bertz CT molecular complexity index is 168. The fourth-order valence-corrected chi connectivity index (χ4v) is 3.77. The van der Waals surface area contributed by atoms with Crippen molar-refractivity contribution in [3.05, 3.63) is 0 Å². The minimum absolute atomic E-state index is 0.792. The van der Waals surface area contributed by atoms with Gasteiger partial charge in [-0.2, -0.15) is 11.8 Å². The van der Waals surface area contributed by atoms with Gasteiger partial charge in [-0.15, -0.1) is 0 Å². The number of hydrogen-bond acceptors (Lipinski definition) is 2. The van der Waals surface area contributed by atoms with Gasteiger partial charge in [-0.1, -0.05) is 34.1 Å². The Kier molecular flexibility index (Phi) is 6.06. The van der Waals surface area contributed by atoms with Crippen molar-refractivity contribution in [3.8, 4) is 0 Å². The topological polar surface area (TPSA) is 12.0 Å². The summed E-state index contributed by atoms with van der Waals surface area (Å²) in [4.78, 5) is 0. The maximum absolute atomic E-state index is 3.60. The molecular formula is C13H27NS. The third-order valence-electron chi connectivity index (χ3n) is 3.46. The molecule has 3 unspecified atom stereocenters. The molecule has 0 heterocycles. The lowest BCUT2D eigenvalue weighted by atomic mass is 9.95. The van der Waals surface area contributed by atoms with Crippen LogP contribution in [0.15, 0.2) is 0 Å². The second kappa shape index (κ2) is 6.80. The molecule has 1 aliphatic rings. The molecule has 0 bridgehead atoms. The highest BCUT2D eigenvalue weighted by Crippen LogP contribution is 2.33. The maximum Gasteiger partial charge on any atom is 0.00774 e. The average Bonchev–Trinajstić information content (AvgIpc) is 2.18. The van der Waals surface area contributed by atoms with E-state index in [4.69, 9.17) is 0 Å². The highest BCUT2D eigenvalue weighted by Gasteiger charge is 2.23. The third kappa shape index (κ3) is 4.78. The van der Waals surface area contributed by atoms with Crippen molar-refractivity contribution >= 4 is 11.8 Å². The number of rotatable bonds is 5. The first-order chi connectivity index (χ1) is 7.13. The molecule has 1 N–H and O–H groups in total. The van der Waals surface area contributed by atoms with Crippen LogP contribution in [0.4, 0.5) is 0 Å². The monoisotopic (exact) mass is 229 g/mol. The van der Waals surface area contributed by atoms with E-state index in [2.05, 4.69) is 44.8 Å². The highest BCUT2D eigenvalue weighted by atomic mass is 32.2. The molecule has 1 aliphatic carbocycles. The molecule has 2 heteroatoms. The van der Waals surface area contributed by atoms with E-state index in [1.54, 1.807) is 0 Å². The molecule has 0 aliphatic heterocycles. The van der Waals surface area contributed by atoms with Crippen LogP contribution in [-0.2, 0) is 0 Å². The largest absolute Gasteiger partial charge is 0.314 e. The van der Waals surface area contributed by atoms with Crippen molar-refractivity contribution in [2.24, 2.45) is 5.92 Å². The van der Waals surface area contributed by atoms with Gasteiger partial charge in [0.2, 0.25) is 0 Å². The minimum atomic E-state index is 0.792. The molecule has 1 fully saturated rings. The second-order valence-electron chi connectivity index (χ2n) is 5.13. The Morgan fingerprint density at radius 3 is 2.60 bits per heavy atom. The van der Waals surface area contributed by atoms with Gasteiger partial charge in [0.25, 0.3) is 0 Å². The van der Waals surface area contributed by atoms with Crippen LogP contribution in [0.1, 0.15) is 53.4 Å². The first-order valence-electron chi connectivity index (χ1n) is 6.52. The Balaban J connectivity index is 2.29. The van der Waals surface area contributed by atoms with Gasteiger partial charge < -0.3 is 5.32 Å². The molecule has 90 valence electrons. The van der Waals surface area contributed by atoms with Crippen molar-refractivity contribution in [2.45, 2.75) is 69.9 Å². The normalized spacial score (nSPS) is 29.4. The number of hydrogen-bond donors (Lipinski definition) is 1. The van der Waals surface area contributed by atoms with Crippen LogP contribution in [0.25, 0.3) is 0 Å². The van der Waals surface area contributed by atoms with Gasteiger partial charge in [0, 0.05) is 16.5 Å². The summed E-state index contributed by atoms with van der Waals surface area (Å²) in [5.41, 5.74) is 0. The Labute approximate surface area is 99.8 Å². The first-order valence-corrected chi connectivity index (χ1v) is 7.46. The van der Waals surface area contributed by atoms with Gasteiger partial charge in [0.1, 0.15) is 0 Å². The van der Waals surface area contributed by atoms with Crippen LogP contribution < -0.4 is 5.32 Å². The Hall–Kier alpha value is 0.310. The van der Waals surface area contributed by atoms with Gasteiger partial charge in [-0.05, 0) is 31.7 Å². The molecule has 0 saturated heterocycles. The van der Waals surface area contributed by atoms with Crippen LogP contribution in [0.2, 0.25) is 0 Å². The van der Waals surface area contributed by atoms with E-state index in [-0.39, 0.29) is 0 Å². The fourth-order valence-electron chi connectivity index (χ4n) is 2.20. The van der Waals surface area contributed by atoms with Crippen molar-refractivity contribution in [1.29, 1.82) is 0 Å². The zero-order valence-electron chi connectivity index (χ0n) is 10.8. The lowest BCUT2D eigenvalue weighted by Crippen LogP contribution is -2.35. The van der Waals surface area contributed by atoms with Crippen LogP contribution in [0, 0.1) is 5.92 Å². The molecule has 1 saturated carbocycles. The van der Waals surface area contributed by atoms with E-state index in [0.717, 1.165) is 29.0 Å². The Morgan fingerprint density at radius 1 is 1.27 bits per heavy atom. The third-order valence-corrected chi connectivity index (χ3v) is 5.25. The van der Waals surface area contributed by atoms with Crippen molar-refractivity contribution in [1.82, 2.24) is 5.32 Å². The lowest BCUT2D eigenvalue weighted by Gasteiger charge is -2.31. The van der Waals surface area contributed by atoms with E-state index >= 15 is 0 Å². The number of nitrogens with one attached hydrogen (secondary N) is 1. The molecule has 1 nitrogen and oxygen atoms in total. The molecule has 0 aromatic rings. The minimum Gasteiger partial charge on any atom is -0.314 e. The lowest BCUT2D eigenvalue weighted by molar-refractivity contribution is 0.386. The van der Waals surface area contributed by atoms with Crippen molar-refractivity contribution < 1.29 is 0 Å². The fraction of sp³-hybridized carbons (Fsp3) is 1.00. The van der Waals surface area contributed by atoms with Crippen LogP contribution in [0.3, 0.4) is 0 Å². The maximum atomic E-state index is 3.60. The second-order valence-corrected chi connectivity index (χ2v) is 6.81. The van der Waals surface area contributed by atoms with E-state index in [9.17, 15) is 0 Å². The van der Waals surface area contributed by atoms with Crippen LogP contribution in [0.5, 0.6) is 0 Å². The molecular weight excluding hydrogens is 202 g/mol. The van der Waals surface area contributed by atoms with Gasteiger partial charge in [-0.3, -0.25) is 0 Å². The summed E-state index contributed by atoms with van der Waals surface area (Å²) >= 11 is 2.22. The molecule has 3 atom stereocenters. The quantitative estimate of drug-likeness (QED) is 0.772. The van der Waals surface area contributed by atoms with Crippen LogP contribution >= 0.6 is 11.8 Å². The van der Waals surface area contributed by atoms with Crippen molar-refractivity contribution in [2.75, 3.05) is 6.54 Å². The van der Waals surface area contributed by atoms with E-state index in [1.807, 2.05) is 0 Å². The summed E-state index contributed by atoms with van der Waals surface area (Å²) in [6, 6.07) is 0.792. The standard InChI is InChI=1S/C13H27NS/c1-5-14-12-7-6-8-13(9-12)15-11(4)10(2)3/h10-14H,5-9H2,1-4H3. The zero-order valence-corrected chi connectivity index (χ0v) is 11.6. The summed E-state index contributed by atoms with van der Waals surface area (Å²) < 4.78 is 0. The summed E-state index contributed by atoms with van der Waals surface area (Å²) in [5, 5.41) is 5.32. The number of thioether (sulfide) groups is 1. The summed E-state index contributed by atoms with van der Waals surface area (Å²) in [5.74, 6) is 0.814. The molecule has 0 amide bonds. The van der Waals surface area contributed by atoms with Gasteiger partial charge >= 0.3 is 0 Å². The molecule has 0 spiro atoms. The summed E-state index contributed by atoms with van der Waals surface area (Å²) in [7, 11) is 0.